The number of carbonyl (C=O) groups excluding carboxylic acids is 2. The van der Waals surface area contributed by atoms with Gasteiger partial charge in [0.2, 0.25) is 5.91 Å². The van der Waals surface area contributed by atoms with Gasteiger partial charge in [-0.3, -0.25) is 9.59 Å². The van der Waals surface area contributed by atoms with Crippen LogP contribution in [0.2, 0.25) is 0 Å². The van der Waals surface area contributed by atoms with E-state index in [-0.39, 0.29) is 18.3 Å². The van der Waals surface area contributed by atoms with Crippen LogP contribution in [-0.2, 0) is 14.3 Å². The Morgan fingerprint density at radius 3 is 3.08 bits per heavy atom. The molecule has 0 aromatic heterocycles. The summed E-state index contributed by atoms with van der Waals surface area (Å²) < 4.78 is 4.49. The highest BCUT2D eigenvalue weighted by Gasteiger charge is 2.27. The lowest BCUT2D eigenvalue weighted by Gasteiger charge is -2.29. The lowest BCUT2D eigenvalue weighted by molar-refractivity contribution is -0.145. The molecule has 1 rings (SSSR count). The first-order valence-electron chi connectivity index (χ1n) is 4.20. The lowest BCUT2D eigenvalue weighted by atomic mass is 10.1. The Labute approximate surface area is 77.0 Å². The van der Waals surface area contributed by atoms with E-state index in [1.807, 2.05) is 0 Å². The molecular formula is C8H14N2O3. The second-order valence-electron chi connectivity index (χ2n) is 3.05. The Morgan fingerprint density at radius 2 is 2.46 bits per heavy atom. The van der Waals surface area contributed by atoms with Crippen LogP contribution >= 0.6 is 0 Å². The molecule has 0 radical (unpaired) electrons. The zero-order valence-corrected chi connectivity index (χ0v) is 7.87. The number of ether oxygens (including phenoxy) is 1. The van der Waals surface area contributed by atoms with E-state index in [0.29, 0.717) is 6.54 Å². The van der Waals surface area contributed by atoms with Crippen LogP contribution in [0.5, 0.6) is 0 Å². The molecular weight excluding hydrogens is 172 g/mol. The van der Waals surface area contributed by atoms with Gasteiger partial charge in [-0.15, -0.1) is 0 Å². The highest BCUT2D eigenvalue weighted by atomic mass is 16.5. The number of rotatable bonds is 2. The van der Waals surface area contributed by atoms with Crippen LogP contribution in [0.1, 0.15) is 6.42 Å². The highest BCUT2D eigenvalue weighted by molar-refractivity contribution is 5.87. The summed E-state index contributed by atoms with van der Waals surface area (Å²) >= 11 is 0. The molecule has 1 fully saturated rings. The first-order valence-corrected chi connectivity index (χ1v) is 4.20. The minimum atomic E-state index is -0.411. The lowest BCUT2D eigenvalue weighted by Crippen LogP contribution is -2.54. The molecule has 0 aromatic rings. The van der Waals surface area contributed by atoms with Gasteiger partial charge in [0.15, 0.2) is 0 Å². The normalized spacial score (nSPS) is 23.1. The summed E-state index contributed by atoms with van der Waals surface area (Å²) in [6.45, 7) is 1.42. The zero-order valence-electron chi connectivity index (χ0n) is 7.87. The molecule has 1 saturated heterocycles. The molecule has 1 N–H and O–H groups in total. The summed E-state index contributed by atoms with van der Waals surface area (Å²) in [5.41, 5.74) is 0. The van der Waals surface area contributed by atoms with Gasteiger partial charge in [0.05, 0.1) is 19.6 Å². The molecule has 1 aliphatic rings. The van der Waals surface area contributed by atoms with Crippen LogP contribution in [0.25, 0.3) is 0 Å². The Morgan fingerprint density at radius 1 is 1.77 bits per heavy atom. The van der Waals surface area contributed by atoms with Crippen LogP contribution in [0.15, 0.2) is 0 Å². The maximum atomic E-state index is 11.4. The maximum Gasteiger partial charge on any atom is 0.307 e. The quantitative estimate of drug-likeness (QED) is 0.561. The van der Waals surface area contributed by atoms with Gasteiger partial charge in [-0.05, 0) is 0 Å². The van der Waals surface area contributed by atoms with Gasteiger partial charge in [0, 0.05) is 20.1 Å². The molecule has 13 heavy (non-hydrogen) atoms. The summed E-state index contributed by atoms with van der Waals surface area (Å²) in [6, 6.07) is -0.411. The van der Waals surface area contributed by atoms with Crippen molar-refractivity contribution in [3.05, 3.63) is 0 Å². The van der Waals surface area contributed by atoms with Crippen LogP contribution in [0.4, 0.5) is 0 Å². The number of hydrogen-bond donors (Lipinski definition) is 1. The SMILES string of the molecule is COC(=O)C[C@@H]1NCCN(C)C1=O. The van der Waals surface area contributed by atoms with Crippen molar-refractivity contribution >= 4 is 11.9 Å². The number of esters is 1. The van der Waals surface area contributed by atoms with Crippen LogP contribution < -0.4 is 5.32 Å². The topological polar surface area (TPSA) is 58.6 Å². The van der Waals surface area contributed by atoms with Gasteiger partial charge >= 0.3 is 5.97 Å². The molecule has 0 saturated carbocycles. The standard InChI is InChI=1S/C8H14N2O3/c1-10-4-3-9-6(8(10)12)5-7(11)13-2/h6,9H,3-5H2,1-2H3/t6-/m0/s1. The third kappa shape index (κ3) is 2.42. The van der Waals surface area contributed by atoms with Crippen LogP contribution in [0.3, 0.4) is 0 Å². The van der Waals surface area contributed by atoms with Gasteiger partial charge < -0.3 is 15.0 Å². The van der Waals surface area contributed by atoms with E-state index in [1.165, 1.54) is 7.11 Å². The largest absolute Gasteiger partial charge is 0.469 e. The third-order valence-corrected chi connectivity index (χ3v) is 2.11. The first-order chi connectivity index (χ1) is 6.15. The molecule has 74 valence electrons. The van der Waals surface area contributed by atoms with E-state index in [1.54, 1.807) is 11.9 Å². The van der Waals surface area contributed by atoms with Gasteiger partial charge in [0.1, 0.15) is 0 Å². The molecule has 1 heterocycles. The number of carbonyl (C=O) groups is 2. The molecule has 1 atom stereocenters. The summed E-state index contributed by atoms with van der Waals surface area (Å²) in [5.74, 6) is -0.405. The van der Waals surface area contributed by atoms with Crippen molar-refractivity contribution in [2.75, 3.05) is 27.2 Å². The third-order valence-electron chi connectivity index (χ3n) is 2.11. The molecule has 1 amide bonds. The first kappa shape index (κ1) is 9.98. The number of nitrogens with one attached hydrogen (secondary N) is 1. The predicted molar refractivity (Wildman–Crippen MR) is 46.1 cm³/mol. The Hall–Kier alpha value is -1.10. The second kappa shape index (κ2) is 4.23. The number of likely N-dealkylation sites (N-methyl/N-ethyl adjacent to an activating group) is 1. The van der Waals surface area contributed by atoms with Crippen molar-refractivity contribution in [3.8, 4) is 0 Å². The molecule has 1 aliphatic heterocycles. The smallest absolute Gasteiger partial charge is 0.307 e. The Bertz CT molecular complexity index is 217. The summed E-state index contributed by atoms with van der Waals surface area (Å²) in [6.07, 6.45) is 0.111. The predicted octanol–water partition coefficient (Wildman–Crippen LogP) is -1.02. The average molecular weight is 186 g/mol. The number of amides is 1. The van der Waals surface area contributed by atoms with Gasteiger partial charge in [-0.2, -0.15) is 0 Å². The highest BCUT2D eigenvalue weighted by Crippen LogP contribution is 2.03. The van der Waals surface area contributed by atoms with Crippen molar-refractivity contribution < 1.29 is 14.3 Å². The van der Waals surface area contributed by atoms with Crippen molar-refractivity contribution in [2.24, 2.45) is 0 Å². The molecule has 0 aromatic carbocycles. The van der Waals surface area contributed by atoms with Crippen molar-refractivity contribution in [3.63, 3.8) is 0 Å². The van der Waals surface area contributed by atoms with E-state index in [9.17, 15) is 9.59 Å². The van der Waals surface area contributed by atoms with Crippen LogP contribution in [0, 0.1) is 0 Å². The summed E-state index contributed by atoms with van der Waals surface area (Å²) in [7, 11) is 3.05. The monoisotopic (exact) mass is 186 g/mol. The number of hydrogen-bond acceptors (Lipinski definition) is 4. The van der Waals surface area contributed by atoms with Crippen molar-refractivity contribution in [2.45, 2.75) is 12.5 Å². The molecule has 0 aliphatic carbocycles. The Balaban J connectivity index is 2.49. The van der Waals surface area contributed by atoms with Crippen molar-refractivity contribution in [1.82, 2.24) is 10.2 Å². The fourth-order valence-electron chi connectivity index (χ4n) is 1.28. The number of piperazine rings is 1. The zero-order chi connectivity index (χ0) is 9.84. The van der Waals surface area contributed by atoms with Crippen LogP contribution in [-0.4, -0.2) is 50.1 Å². The fraction of sp³-hybridized carbons (Fsp3) is 0.750. The minimum absolute atomic E-state index is 0.0448. The Kier molecular flexibility index (Phi) is 3.25. The molecule has 5 heteroatoms. The molecule has 0 spiro atoms. The van der Waals surface area contributed by atoms with E-state index in [0.717, 1.165) is 6.54 Å². The van der Waals surface area contributed by atoms with E-state index in [4.69, 9.17) is 0 Å². The molecule has 0 bridgehead atoms. The van der Waals surface area contributed by atoms with E-state index in [2.05, 4.69) is 10.1 Å². The number of nitrogens with zero attached hydrogens (tertiary/aromatic N) is 1. The average Bonchev–Trinajstić information content (AvgIpc) is 2.13. The van der Waals surface area contributed by atoms with Gasteiger partial charge in [-0.25, -0.2) is 0 Å². The minimum Gasteiger partial charge on any atom is -0.469 e. The molecule has 0 unspecified atom stereocenters. The molecule has 5 nitrogen and oxygen atoms in total. The fourth-order valence-corrected chi connectivity index (χ4v) is 1.28. The number of methoxy groups -OCH3 is 1. The van der Waals surface area contributed by atoms with Crippen molar-refractivity contribution in [1.29, 1.82) is 0 Å². The van der Waals surface area contributed by atoms with Gasteiger partial charge in [-0.1, -0.05) is 0 Å². The summed E-state index contributed by atoms with van der Waals surface area (Å²) in [4.78, 5) is 23.9. The summed E-state index contributed by atoms with van der Waals surface area (Å²) in [5, 5.41) is 2.97. The van der Waals surface area contributed by atoms with Gasteiger partial charge in [0.25, 0.3) is 0 Å². The second-order valence-corrected chi connectivity index (χ2v) is 3.05. The maximum absolute atomic E-state index is 11.4. The van der Waals surface area contributed by atoms with E-state index < -0.39 is 6.04 Å². The van der Waals surface area contributed by atoms with E-state index >= 15 is 0 Å².